The summed E-state index contributed by atoms with van der Waals surface area (Å²) in [6.07, 6.45) is 4.94. The average molecular weight is 305 g/mol. The Morgan fingerprint density at radius 1 is 1.57 bits per heavy atom. The molecular weight excluding hydrogens is 282 g/mol. The van der Waals surface area contributed by atoms with Gasteiger partial charge in [0.2, 0.25) is 0 Å². The fourth-order valence-electron chi connectivity index (χ4n) is 2.87. The first kappa shape index (κ1) is 16.1. The van der Waals surface area contributed by atoms with Crippen molar-refractivity contribution in [3.8, 4) is 11.8 Å². The molecule has 1 saturated carbocycles. The number of hydrogen-bond acceptors (Lipinski definition) is 3. The minimum Gasteiger partial charge on any atom is -0.395 e. The number of carbonyl (C=O) groups is 1. The van der Waals surface area contributed by atoms with Crippen molar-refractivity contribution in [3.05, 3.63) is 21.9 Å². The number of rotatable bonds is 3. The van der Waals surface area contributed by atoms with Gasteiger partial charge in [-0.1, -0.05) is 32.1 Å². The molecule has 0 saturated heterocycles. The summed E-state index contributed by atoms with van der Waals surface area (Å²) in [4.78, 5) is 13.1. The predicted molar refractivity (Wildman–Crippen MR) is 86.4 cm³/mol. The van der Waals surface area contributed by atoms with E-state index < -0.39 is 0 Å². The summed E-state index contributed by atoms with van der Waals surface area (Å²) in [5.41, 5.74) is 1.08. The third-order valence-electron chi connectivity index (χ3n) is 3.87. The molecule has 0 spiro atoms. The first-order chi connectivity index (χ1) is 10.0. The van der Waals surface area contributed by atoms with Crippen molar-refractivity contribution in [2.24, 2.45) is 5.41 Å². The Hall–Kier alpha value is -1.31. The van der Waals surface area contributed by atoms with Crippen LogP contribution < -0.4 is 5.32 Å². The topological polar surface area (TPSA) is 49.3 Å². The molecule has 2 N–H and O–H groups in total. The number of nitrogens with one attached hydrogen (secondary N) is 1. The molecule has 0 radical (unpaired) electrons. The highest BCUT2D eigenvalue weighted by Crippen LogP contribution is 2.35. The summed E-state index contributed by atoms with van der Waals surface area (Å²) in [6.45, 7) is 4.58. The van der Waals surface area contributed by atoms with Gasteiger partial charge in [-0.25, -0.2) is 0 Å². The highest BCUT2D eigenvalue weighted by atomic mass is 32.1. The Morgan fingerprint density at radius 2 is 2.38 bits per heavy atom. The van der Waals surface area contributed by atoms with E-state index in [1.807, 2.05) is 11.4 Å². The summed E-state index contributed by atoms with van der Waals surface area (Å²) in [5.74, 6) is 5.83. The molecule has 0 bridgehead atoms. The minimum atomic E-state index is -0.0130. The standard InChI is InChI=1S/C17H23NO2S/c1-17(2)9-5-7-14(12-17)18-16(20)15-13(8-11-21-15)6-3-4-10-19/h8,11,14,19H,4-5,7,9-10,12H2,1-2H3,(H,18,20). The van der Waals surface area contributed by atoms with E-state index in [1.165, 1.54) is 24.2 Å². The number of hydrogen-bond donors (Lipinski definition) is 2. The molecule has 1 unspecified atom stereocenters. The molecule has 2 rings (SSSR count). The first-order valence-electron chi connectivity index (χ1n) is 7.50. The van der Waals surface area contributed by atoms with Crippen LogP contribution in [0.2, 0.25) is 0 Å². The van der Waals surface area contributed by atoms with E-state index in [2.05, 4.69) is 31.0 Å². The number of aliphatic hydroxyl groups excluding tert-OH is 1. The molecule has 1 fully saturated rings. The van der Waals surface area contributed by atoms with Gasteiger partial charge < -0.3 is 10.4 Å². The van der Waals surface area contributed by atoms with Gasteiger partial charge in [0.05, 0.1) is 6.61 Å². The molecule has 1 aliphatic carbocycles. The molecule has 1 heterocycles. The van der Waals surface area contributed by atoms with E-state index >= 15 is 0 Å². The SMILES string of the molecule is CC1(C)CCCC(NC(=O)c2sccc2C#CCCO)C1. The average Bonchev–Trinajstić information content (AvgIpc) is 2.86. The van der Waals surface area contributed by atoms with Crippen LogP contribution in [-0.4, -0.2) is 23.7 Å². The summed E-state index contributed by atoms with van der Waals surface area (Å²) < 4.78 is 0. The zero-order valence-electron chi connectivity index (χ0n) is 12.7. The Bertz CT molecular complexity index is 551. The largest absolute Gasteiger partial charge is 0.395 e. The third-order valence-corrected chi connectivity index (χ3v) is 4.78. The highest BCUT2D eigenvalue weighted by molar-refractivity contribution is 7.12. The monoisotopic (exact) mass is 305 g/mol. The maximum atomic E-state index is 12.4. The molecule has 1 amide bonds. The lowest BCUT2D eigenvalue weighted by Gasteiger charge is -2.35. The molecule has 1 aromatic rings. The molecule has 114 valence electrons. The Labute approximate surface area is 130 Å². The minimum absolute atomic E-state index is 0.0130. The van der Waals surface area contributed by atoms with Crippen LogP contribution in [0.1, 0.15) is 61.2 Å². The summed E-state index contributed by atoms with van der Waals surface area (Å²) in [7, 11) is 0. The second kappa shape index (κ2) is 7.11. The van der Waals surface area contributed by atoms with Crippen molar-refractivity contribution < 1.29 is 9.90 Å². The quantitative estimate of drug-likeness (QED) is 0.843. The number of amides is 1. The second-order valence-corrected chi connectivity index (χ2v) is 7.29. The van der Waals surface area contributed by atoms with Crippen LogP contribution in [0.15, 0.2) is 11.4 Å². The van der Waals surface area contributed by atoms with Gasteiger partial charge in [-0.3, -0.25) is 4.79 Å². The van der Waals surface area contributed by atoms with Crippen LogP contribution in [0.25, 0.3) is 0 Å². The maximum Gasteiger partial charge on any atom is 0.262 e. The van der Waals surface area contributed by atoms with Crippen molar-refractivity contribution >= 4 is 17.2 Å². The van der Waals surface area contributed by atoms with E-state index in [9.17, 15) is 4.79 Å². The van der Waals surface area contributed by atoms with Gasteiger partial charge in [0, 0.05) is 18.0 Å². The smallest absolute Gasteiger partial charge is 0.262 e. The van der Waals surface area contributed by atoms with E-state index in [-0.39, 0.29) is 18.6 Å². The van der Waals surface area contributed by atoms with Gasteiger partial charge in [0.15, 0.2) is 0 Å². The van der Waals surface area contributed by atoms with Gasteiger partial charge in [-0.05, 0) is 36.1 Å². The molecule has 3 nitrogen and oxygen atoms in total. The molecule has 0 aromatic carbocycles. The first-order valence-corrected chi connectivity index (χ1v) is 8.38. The number of aliphatic hydroxyl groups is 1. The maximum absolute atomic E-state index is 12.4. The number of carbonyl (C=O) groups excluding carboxylic acids is 1. The van der Waals surface area contributed by atoms with Gasteiger partial charge in [0.25, 0.3) is 5.91 Å². The second-order valence-electron chi connectivity index (χ2n) is 6.37. The van der Waals surface area contributed by atoms with Crippen LogP contribution >= 0.6 is 11.3 Å². The fourth-order valence-corrected chi connectivity index (χ4v) is 3.62. The van der Waals surface area contributed by atoms with Crippen LogP contribution in [0.3, 0.4) is 0 Å². The van der Waals surface area contributed by atoms with Crippen molar-refractivity contribution in [3.63, 3.8) is 0 Å². The van der Waals surface area contributed by atoms with Gasteiger partial charge in [-0.15, -0.1) is 11.3 Å². The summed E-state index contributed by atoms with van der Waals surface area (Å²) in [6, 6.07) is 2.14. The fraction of sp³-hybridized carbons (Fsp3) is 0.588. The van der Waals surface area contributed by atoms with Crippen molar-refractivity contribution in [2.45, 2.75) is 52.0 Å². The van der Waals surface area contributed by atoms with Crippen LogP contribution in [0.5, 0.6) is 0 Å². The lowest BCUT2D eigenvalue weighted by atomic mass is 9.75. The predicted octanol–water partition coefficient (Wildman–Crippen LogP) is 3.18. The molecule has 21 heavy (non-hydrogen) atoms. The number of thiophene rings is 1. The Balaban J connectivity index is 2.01. The van der Waals surface area contributed by atoms with Crippen LogP contribution in [0, 0.1) is 17.3 Å². The molecule has 1 aromatic heterocycles. The van der Waals surface area contributed by atoms with E-state index in [0.29, 0.717) is 16.7 Å². The Morgan fingerprint density at radius 3 is 3.10 bits per heavy atom. The van der Waals surface area contributed by atoms with E-state index in [1.54, 1.807) is 0 Å². The lowest BCUT2D eigenvalue weighted by Crippen LogP contribution is -2.40. The van der Waals surface area contributed by atoms with E-state index in [0.717, 1.165) is 18.4 Å². The summed E-state index contributed by atoms with van der Waals surface area (Å²) >= 11 is 1.43. The van der Waals surface area contributed by atoms with Gasteiger partial charge >= 0.3 is 0 Å². The third kappa shape index (κ3) is 4.59. The summed E-state index contributed by atoms with van der Waals surface area (Å²) in [5, 5.41) is 13.8. The molecular formula is C17H23NO2S. The van der Waals surface area contributed by atoms with Crippen LogP contribution in [-0.2, 0) is 0 Å². The molecule has 1 atom stereocenters. The van der Waals surface area contributed by atoms with Gasteiger partial charge in [0.1, 0.15) is 4.88 Å². The normalized spacial score (nSPS) is 20.4. The van der Waals surface area contributed by atoms with Crippen molar-refractivity contribution in [1.82, 2.24) is 5.32 Å². The molecule has 1 aliphatic rings. The van der Waals surface area contributed by atoms with E-state index in [4.69, 9.17) is 5.11 Å². The zero-order valence-corrected chi connectivity index (χ0v) is 13.6. The highest BCUT2D eigenvalue weighted by Gasteiger charge is 2.29. The van der Waals surface area contributed by atoms with Crippen molar-refractivity contribution in [1.29, 1.82) is 0 Å². The molecule has 0 aliphatic heterocycles. The molecule has 4 heteroatoms. The Kier molecular flexibility index (Phi) is 5.44. The van der Waals surface area contributed by atoms with Crippen LogP contribution in [0.4, 0.5) is 0 Å². The zero-order chi connectivity index (χ0) is 15.3. The van der Waals surface area contributed by atoms with Crippen molar-refractivity contribution in [2.75, 3.05) is 6.61 Å². The lowest BCUT2D eigenvalue weighted by molar-refractivity contribution is 0.0906. The van der Waals surface area contributed by atoms with Gasteiger partial charge in [-0.2, -0.15) is 0 Å².